The molecule has 0 saturated carbocycles. The highest BCUT2D eigenvalue weighted by Crippen LogP contribution is 2.18. The number of methoxy groups -OCH3 is 1. The zero-order valence-electron chi connectivity index (χ0n) is 11.4. The van der Waals surface area contributed by atoms with E-state index in [0.29, 0.717) is 6.54 Å². The second kappa shape index (κ2) is 5.52. The van der Waals surface area contributed by atoms with Crippen LogP contribution in [0.5, 0.6) is 0 Å². The number of anilines is 1. The molecule has 0 spiro atoms. The van der Waals surface area contributed by atoms with Gasteiger partial charge in [0.2, 0.25) is 0 Å². The third-order valence-electron chi connectivity index (χ3n) is 3.25. The smallest absolute Gasteiger partial charge is 0.0998 e. The largest absolute Gasteiger partial charge is 0.388 e. The van der Waals surface area contributed by atoms with Crippen molar-refractivity contribution in [1.29, 1.82) is 0 Å². The molecule has 0 bridgehead atoms. The van der Waals surface area contributed by atoms with Gasteiger partial charge in [0.15, 0.2) is 0 Å². The van der Waals surface area contributed by atoms with Gasteiger partial charge < -0.3 is 14.7 Å². The summed E-state index contributed by atoms with van der Waals surface area (Å²) >= 11 is 0. The molecule has 0 aliphatic carbocycles. The number of ether oxygens (including phenoxy) is 1. The Morgan fingerprint density at radius 1 is 1.29 bits per heavy atom. The number of benzene rings is 1. The van der Waals surface area contributed by atoms with Crippen molar-refractivity contribution in [2.45, 2.75) is 32.5 Å². The minimum Gasteiger partial charge on any atom is -0.388 e. The fourth-order valence-corrected chi connectivity index (χ4v) is 1.52. The van der Waals surface area contributed by atoms with Crippen LogP contribution in [0.3, 0.4) is 0 Å². The highest BCUT2D eigenvalue weighted by Gasteiger charge is 2.28. The van der Waals surface area contributed by atoms with Crippen molar-refractivity contribution in [3.05, 3.63) is 29.8 Å². The van der Waals surface area contributed by atoms with Crippen LogP contribution in [0.25, 0.3) is 0 Å². The van der Waals surface area contributed by atoms with Crippen LogP contribution in [-0.4, -0.2) is 37.5 Å². The summed E-state index contributed by atoms with van der Waals surface area (Å²) < 4.78 is 5.28. The van der Waals surface area contributed by atoms with Crippen molar-refractivity contribution < 1.29 is 9.84 Å². The zero-order chi connectivity index (χ0) is 13.1. The normalized spacial score (nSPS) is 13.5. The minimum absolute atomic E-state index is 0.529. The lowest BCUT2D eigenvalue weighted by atomic mass is 10.0. The number of hydrogen-bond donors (Lipinski definition) is 1. The number of likely N-dealkylation sites (N-methyl/N-ethyl adjacent to an activating group) is 1. The van der Waals surface area contributed by atoms with E-state index in [1.807, 2.05) is 25.8 Å². The van der Waals surface area contributed by atoms with Crippen LogP contribution in [0.4, 0.5) is 5.69 Å². The van der Waals surface area contributed by atoms with Crippen molar-refractivity contribution in [3.63, 3.8) is 0 Å². The molecule has 1 N–H and O–H groups in total. The fraction of sp³-hybridized carbons (Fsp3) is 0.571. The monoisotopic (exact) mass is 237 g/mol. The molecule has 1 unspecified atom stereocenters. The molecule has 0 aliphatic heterocycles. The van der Waals surface area contributed by atoms with Crippen LogP contribution in [-0.2, 0) is 4.74 Å². The molecule has 1 aromatic rings. The maximum absolute atomic E-state index is 10.1. The molecular formula is C14H23NO2. The Kier molecular flexibility index (Phi) is 4.54. The Hall–Kier alpha value is -1.06. The molecular weight excluding hydrogens is 214 g/mol. The molecule has 3 nitrogen and oxygen atoms in total. The predicted octanol–water partition coefficient (Wildman–Crippen LogP) is 2.22. The first-order valence-corrected chi connectivity index (χ1v) is 5.88. The maximum Gasteiger partial charge on any atom is 0.0998 e. The molecule has 0 aliphatic rings. The summed E-state index contributed by atoms with van der Waals surface area (Å²) in [6.45, 7) is 6.39. The average molecular weight is 237 g/mol. The highest BCUT2D eigenvalue weighted by atomic mass is 16.5. The maximum atomic E-state index is 10.1. The second-order valence-corrected chi connectivity index (χ2v) is 5.04. The molecule has 96 valence electrons. The summed E-state index contributed by atoms with van der Waals surface area (Å²) in [5.41, 5.74) is 1.81. The second-order valence-electron chi connectivity index (χ2n) is 5.04. The van der Waals surface area contributed by atoms with Gasteiger partial charge in [-0.15, -0.1) is 0 Å². The molecule has 1 aromatic carbocycles. The number of rotatable bonds is 5. The minimum atomic E-state index is -0.529. The Bertz CT molecular complexity index is 346. The van der Waals surface area contributed by atoms with E-state index in [1.54, 1.807) is 7.11 Å². The van der Waals surface area contributed by atoms with Gasteiger partial charge in [0.1, 0.15) is 0 Å². The van der Waals surface area contributed by atoms with Crippen LogP contribution in [0.15, 0.2) is 24.3 Å². The zero-order valence-corrected chi connectivity index (χ0v) is 11.4. The quantitative estimate of drug-likeness (QED) is 0.852. The first-order chi connectivity index (χ1) is 7.86. The highest BCUT2D eigenvalue weighted by molar-refractivity contribution is 5.46. The van der Waals surface area contributed by atoms with Crippen molar-refractivity contribution in [2.24, 2.45) is 0 Å². The van der Waals surface area contributed by atoms with Crippen LogP contribution >= 0.6 is 0 Å². The summed E-state index contributed by atoms with van der Waals surface area (Å²) in [6, 6.07) is 8.25. The number of aryl methyl sites for hydroxylation is 1. The van der Waals surface area contributed by atoms with Crippen LogP contribution in [0.1, 0.15) is 19.4 Å². The first kappa shape index (κ1) is 14.0. The van der Waals surface area contributed by atoms with Gasteiger partial charge in [-0.3, -0.25) is 0 Å². The predicted molar refractivity (Wildman–Crippen MR) is 71.5 cm³/mol. The van der Waals surface area contributed by atoms with Crippen LogP contribution < -0.4 is 4.90 Å². The van der Waals surface area contributed by atoms with E-state index in [-0.39, 0.29) is 0 Å². The van der Waals surface area contributed by atoms with E-state index in [2.05, 4.69) is 31.2 Å². The lowest BCUT2D eigenvalue weighted by Crippen LogP contribution is -2.45. The first-order valence-electron chi connectivity index (χ1n) is 5.88. The summed E-state index contributed by atoms with van der Waals surface area (Å²) in [7, 11) is 3.59. The van der Waals surface area contributed by atoms with E-state index >= 15 is 0 Å². The Balaban J connectivity index is 2.66. The number of nitrogens with zero attached hydrogens (tertiary/aromatic N) is 1. The summed E-state index contributed by atoms with van der Waals surface area (Å²) in [6.07, 6.45) is -0.529. The molecule has 0 radical (unpaired) electrons. The lowest BCUT2D eigenvalue weighted by Gasteiger charge is -2.32. The molecule has 3 heteroatoms. The van der Waals surface area contributed by atoms with Crippen LogP contribution in [0, 0.1) is 6.92 Å². The Labute approximate surface area is 104 Å². The van der Waals surface area contributed by atoms with E-state index < -0.39 is 11.7 Å². The lowest BCUT2D eigenvalue weighted by molar-refractivity contribution is -0.0729. The summed E-state index contributed by atoms with van der Waals surface area (Å²) in [4.78, 5) is 2.03. The van der Waals surface area contributed by atoms with Crippen LogP contribution in [0.2, 0.25) is 0 Å². The van der Waals surface area contributed by atoms with E-state index in [1.165, 1.54) is 5.56 Å². The van der Waals surface area contributed by atoms with Crippen molar-refractivity contribution in [2.75, 3.05) is 25.6 Å². The topological polar surface area (TPSA) is 32.7 Å². The molecule has 0 heterocycles. The van der Waals surface area contributed by atoms with Gasteiger partial charge in [0, 0.05) is 26.4 Å². The van der Waals surface area contributed by atoms with Gasteiger partial charge >= 0.3 is 0 Å². The third kappa shape index (κ3) is 3.72. The van der Waals surface area contributed by atoms with Crippen molar-refractivity contribution >= 4 is 5.69 Å². The van der Waals surface area contributed by atoms with Gasteiger partial charge in [0.05, 0.1) is 11.7 Å². The molecule has 0 fully saturated rings. The van der Waals surface area contributed by atoms with Crippen molar-refractivity contribution in [1.82, 2.24) is 0 Å². The summed E-state index contributed by atoms with van der Waals surface area (Å²) in [5.74, 6) is 0. The Morgan fingerprint density at radius 2 is 1.82 bits per heavy atom. The molecule has 0 saturated heterocycles. The molecule has 0 amide bonds. The number of hydrogen-bond acceptors (Lipinski definition) is 3. The van der Waals surface area contributed by atoms with Gasteiger partial charge in [-0.05, 0) is 32.9 Å². The Morgan fingerprint density at radius 3 is 2.29 bits per heavy atom. The molecule has 0 aromatic heterocycles. The summed E-state index contributed by atoms with van der Waals surface area (Å²) in [5, 5.41) is 10.1. The SMILES string of the molecule is COC(C)(C)C(O)CN(C)c1ccc(C)cc1. The van der Waals surface area contributed by atoms with Gasteiger partial charge in [0.25, 0.3) is 0 Å². The van der Waals surface area contributed by atoms with Crippen molar-refractivity contribution in [3.8, 4) is 0 Å². The molecule has 1 atom stereocenters. The fourth-order valence-electron chi connectivity index (χ4n) is 1.52. The van der Waals surface area contributed by atoms with Gasteiger partial charge in [-0.25, -0.2) is 0 Å². The third-order valence-corrected chi connectivity index (χ3v) is 3.25. The molecule has 17 heavy (non-hydrogen) atoms. The number of aliphatic hydroxyl groups is 1. The van der Waals surface area contributed by atoms with Gasteiger partial charge in [-0.2, -0.15) is 0 Å². The average Bonchev–Trinajstić information content (AvgIpc) is 2.29. The molecule has 1 rings (SSSR count). The van der Waals surface area contributed by atoms with E-state index in [0.717, 1.165) is 5.69 Å². The standard InChI is InChI=1S/C14H23NO2/c1-11-6-8-12(9-7-11)15(4)10-13(16)14(2,3)17-5/h6-9,13,16H,10H2,1-5H3. The van der Waals surface area contributed by atoms with Gasteiger partial charge in [-0.1, -0.05) is 17.7 Å². The number of aliphatic hydroxyl groups excluding tert-OH is 1. The van der Waals surface area contributed by atoms with E-state index in [9.17, 15) is 5.11 Å². The van der Waals surface area contributed by atoms with E-state index in [4.69, 9.17) is 4.74 Å².